The number of anilines is 2. The Bertz CT molecular complexity index is 1990. The van der Waals surface area contributed by atoms with Crippen molar-refractivity contribution < 1.29 is 28.7 Å². The fourth-order valence-corrected chi connectivity index (χ4v) is 8.68. The van der Waals surface area contributed by atoms with Gasteiger partial charge in [0.2, 0.25) is 5.91 Å². The van der Waals surface area contributed by atoms with Gasteiger partial charge in [-0.2, -0.15) is 5.26 Å². The molecule has 58 heavy (non-hydrogen) atoms. The SMILES string of the molecule is CC1(C)[C@H](NC(=O)c2ccc(N3CCN(CCOCCNc4ccccc4C(=O)NCCN4CCC(=O)NC4=O)CC3)cc2)C(C)(C)[C@H]1Oc1ccc(C#N)c(Cl)c1. The summed E-state index contributed by atoms with van der Waals surface area (Å²) in [5, 5.41) is 21.3. The number of urea groups is 1. The molecule has 0 bridgehead atoms. The van der Waals surface area contributed by atoms with E-state index in [4.69, 9.17) is 21.1 Å². The lowest BCUT2D eigenvalue weighted by atomic mass is 9.49. The van der Waals surface area contributed by atoms with Crippen molar-refractivity contribution in [2.45, 2.75) is 46.3 Å². The molecule has 2 saturated heterocycles. The first kappa shape index (κ1) is 42.3. The van der Waals surface area contributed by atoms with Crippen LogP contribution in [0.1, 0.15) is 60.4 Å². The van der Waals surface area contributed by atoms with Crippen LogP contribution in [0, 0.1) is 22.2 Å². The van der Waals surface area contributed by atoms with Crippen molar-refractivity contribution in [3.8, 4) is 11.8 Å². The van der Waals surface area contributed by atoms with E-state index in [0.717, 1.165) is 38.4 Å². The standard InChI is InChI=1S/C43H53ClN8O6/c1-42(2)39(43(3,4)40(42)58-32-14-11-30(28-45)34(44)27-32)49-37(54)29-9-12-31(13-10-29)51-22-20-50(21-23-51)24-26-57-25-17-46-35-8-6-5-7-33(35)38(55)47-16-19-52-18-15-36(53)48-41(52)56/h5-14,27,39-40,46H,15-26H2,1-4H3,(H,47,55)(H,49,54)(H,48,53,56)/t39-,40-. The molecule has 4 N–H and O–H groups in total. The zero-order valence-electron chi connectivity index (χ0n) is 33.6. The van der Waals surface area contributed by atoms with Crippen LogP contribution in [0.3, 0.4) is 0 Å². The first-order chi connectivity index (χ1) is 27.8. The first-order valence-corrected chi connectivity index (χ1v) is 20.2. The molecule has 3 aliphatic rings. The van der Waals surface area contributed by atoms with Crippen LogP contribution in [-0.4, -0.2) is 118 Å². The van der Waals surface area contributed by atoms with Gasteiger partial charge < -0.3 is 35.2 Å². The van der Waals surface area contributed by atoms with Gasteiger partial charge in [-0.15, -0.1) is 0 Å². The Morgan fingerprint density at radius 1 is 0.897 bits per heavy atom. The number of halogens is 1. The van der Waals surface area contributed by atoms with Gasteiger partial charge in [0.1, 0.15) is 17.9 Å². The van der Waals surface area contributed by atoms with Crippen molar-refractivity contribution >= 4 is 46.7 Å². The maximum absolute atomic E-state index is 13.4. The molecule has 15 heteroatoms. The predicted octanol–water partition coefficient (Wildman–Crippen LogP) is 4.75. The second-order valence-electron chi connectivity index (χ2n) is 16.1. The Hall–Kier alpha value is -5.36. The molecule has 0 radical (unpaired) electrons. The number of benzene rings is 3. The molecule has 6 rings (SSSR count). The second kappa shape index (κ2) is 18.5. The smallest absolute Gasteiger partial charge is 0.324 e. The average Bonchev–Trinajstić information content (AvgIpc) is 3.21. The Kier molecular flexibility index (Phi) is 13.5. The molecule has 3 fully saturated rings. The first-order valence-electron chi connectivity index (χ1n) is 19.8. The fourth-order valence-electron chi connectivity index (χ4n) is 8.46. The molecule has 2 heterocycles. The lowest BCUT2D eigenvalue weighted by molar-refractivity contribution is -0.164. The summed E-state index contributed by atoms with van der Waals surface area (Å²) < 4.78 is 12.3. The Labute approximate surface area is 345 Å². The highest BCUT2D eigenvalue weighted by Gasteiger charge is 2.64. The summed E-state index contributed by atoms with van der Waals surface area (Å²) in [6.45, 7) is 15.3. The largest absolute Gasteiger partial charge is 0.489 e. The topological polar surface area (TPSA) is 168 Å². The van der Waals surface area contributed by atoms with Crippen LogP contribution in [0.25, 0.3) is 0 Å². The molecule has 1 saturated carbocycles. The summed E-state index contributed by atoms with van der Waals surface area (Å²) in [4.78, 5) is 55.8. The quantitative estimate of drug-likeness (QED) is 0.148. The highest BCUT2D eigenvalue weighted by atomic mass is 35.5. The van der Waals surface area contributed by atoms with Crippen molar-refractivity contribution in [3.05, 3.63) is 88.4 Å². The summed E-state index contributed by atoms with van der Waals surface area (Å²) >= 11 is 6.24. The highest BCUT2D eigenvalue weighted by molar-refractivity contribution is 6.31. The number of nitrogens with zero attached hydrogens (tertiary/aromatic N) is 4. The molecule has 0 atom stereocenters. The number of para-hydroxylation sites is 1. The van der Waals surface area contributed by atoms with E-state index < -0.39 is 6.03 Å². The van der Waals surface area contributed by atoms with Crippen LogP contribution < -0.4 is 30.9 Å². The number of piperazine rings is 1. The number of rotatable bonds is 16. The van der Waals surface area contributed by atoms with Gasteiger partial charge in [0.05, 0.1) is 29.4 Å². The lowest BCUT2D eigenvalue weighted by Gasteiger charge is -2.63. The van der Waals surface area contributed by atoms with Crippen LogP contribution >= 0.6 is 11.6 Å². The number of carbonyl (C=O) groups excluding carboxylic acids is 4. The molecule has 5 amide bonds. The van der Waals surface area contributed by atoms with Gasteiger partial charge in [-0.1, -0.05) is 51.4 Å². The third-order valence-corrected chi connectivity index (χ3v) is 11.7. The van der Waals surface area contributed by atoms with Crippen molar-refractivity contribution in [3.63, 3.8) is 0 Å². The van der Waals surface area contributed by atoms with Gasteiger partial charge in [0.15, 0.2) is 0 Å². The normalized spacial score (nSPS) is 20.0. The predicted molar refractivity (Wildman–Crippen MR) is 222 cm³/mol. The van der Waals surface area contributed by atoms with Crippen LogP contribution in [0.4, 0.5) is 16.2 Å². The third kappa shape index (κ3) is 9.83. The van der Waals surface area contributed by atoms with Crippen molar-refractivity contribution in [1.29, 1.82) is 5.26 Å². The van der Waals surface area contributed by atoms with Crippen molar-refractivity contribution in [1.82, 2.24) is 25.8 Å². The van der Waals surface area contributed by atoms with Gasteiger partial charge in [-0.25, -0.2) is 4.79 Å². The molecule has 3 aromatic rings. The molecule has 308 valence electrons. The molecule has 0 unspecified atom stereocenters. The maximum Gasteiger partial charge on any atom is 0.324 e. The average molecular weight is 813 g/mol. The molecular formula is C43H53ClN8O6. The van der Waals surface area contributed by atoms with E-state index in [1.807, 2.05) is 36.4 Å². The number of hydrogen-bond acceptors (Lipinski definition) is 10. The van der Waals surface area contributed by atoms with E-state index in [9.17, 15) is 24.4 Å². The summed E-state index contributed by atoms with van der Waals surface area (Å²) in [7, 11) is 0. The Morgan fingerprint density at radius 2 is 1.62 bits per heavy atom. The van der Waals surface area contributed by atoms with Crippen LogP contribution in [0.15, 0.2) is 66.7 Å². The zero-order valence-corrected chi connectivity index (χ0v) is 34.4. The Morgan fingerprint density at radius 3 is 2.31 bits per heavy atom. The van der Waals surface area contributed by atoms with E-state index in [-0.39, 0.29) is 53.7 Å². The van der Waals surface area contributed by atoms with Crippen molar-refractivity contribution in [2.24, 2.45) is 10.8 Å². The number of hydrogen-bond donors (Lipinski definition) is 4. The lowest BCUT2D eigenvalue weighted by Crippen LogP contribution is -2.74. The van der Waals surface area contributed by atoms with E-state index in [1.54, 1.807) is 30.3 Å². The van der Waals surface area contributed by atoms with Gasteiger partial charge >= 0.3 is 6.03 Å². The molecule has 3 aromatic carbocycles. The molecule has 1 aliphatic carbocycles. The van der Waals surface area contributed by atoms with Gasteiger partial charge in [0, 0.05) is 105 Å². The minimum atomic E-state index is -0.435. The minimum absolute atomic E-state index is 0.121. The van der Waals surface area contributed by atoms with Gasteiger partial charge in [-0.3, -0.25) is 24.6 Å². The maximum atomic E-state index is 13.4. The number of imide groups is 1. The Balaban J connectivity index is 0.872. The van der Waals surface area contributed by atoms with E-state index in [1.165, 1.54) is 4.90 Å². The van der Waals surface area contributed by atoms with Crippen LogP contribution in [0.5, 0.6) is 5.75 Å². The molecule has 0 spiro atoms. The van der Waals surface area contributed by atoms with Gasteiger partial charge in [-0.05, 0) is 48.5 Å². The van der Waals surface area contributed by atoms with Crippen LogP contribution in [-0.2, 0) is 9.53 Å². The third-order valence-electron chi connectivity index (χ3n) is 11.4. The summed E-state index contributed by atoms with van der Waals surface area (Å²) in [6.07, 6.45) is 0.0742. The minimum Gasteiger partial charge on any atom is -0.489 e. The number of nitrogens with one attached hydrogen (secondary N) is 4. The summed E-state index contributed by atoms with van der Waals surface area (Å²) in [5.41, 5.74) is 2.59. The highest BCUT2D eigenvalue weighted by Crippen LogP contribution is 2.55. The molecule has 0 aromatic heterocycles. The second-order valence-corrected chi connectivity index (χ2v) is 16.5. The van der Waals surface area contributed by atoms with E-state index in [2.05, 4.69) is 64.8 Å². The monoisotopic (exact) mass is 812 g/mol. The molecular weight excluding hydrogens is 760 g/mol. The number of nitriles is 1. The van der Waals surface area contributed by atoms with E-state index in [0.29, 0.717) is 66.0 Å². The number of ether oxygens (including phenoxy) is 2. The van der Waals surface area contributed by atoms with Crippen LogP contribution in [0.2, 0.25) is 5.02 Å². The number of amides is 5. The molecule has 14 nitrogen and oxygen atoms in total. The molecule has 2 aliphatic heterocycles. The van der Waals surface area contributed by atoms with E-state index >= 15 is 0 Å². The zero-order chi connectivity index (χ0) is 41.5. The summed E-state index contributed by atoms with van der Waals surface area (Å²) in [6, 6.07) is 21.6. The number of carbonyl (C=O) groups is 4. The van der Waals surface area contributed by atoms with Crippen molar-refractivity contribution in [2.75, 3.05) is 82.3 Å². The van der Waals surface area contributed by atoms with Gasteiger partial charge in [0.25, 0.3) is 11.8 Å². The fraction of sp³-hybridized carbons (Fsp3) is 0.465. The summed E-state index contributed by atoms with van der Waals surface area (Å²) in [5.74, 6) is -0.0545.